The van der Waals surface area contributed by atoms with Crippen molar-refractivity contribution in [3.8, 4) is 0 Å². The summed E-state index contributed by atoms with van der Waals surface area (Å²) in [6.45, 7) is 1.35. The van der Waals surface area contributed by atoms with Gasteiger partial charge in [0.2, 0.25) is 0 Å². The minimum Gasteiger partial charge on any atom is -0.396 e. The van der Waals surface area contributed by atoms with Gasteiger partial charge in [-0.1, -0.05) is 19.1 Å². The number of aliphatic hydroxyl groups is 3. The molecule has 6 heteroatoms. The monoisotopic (exact) mass is 286 g/mol. The first kappa shape index (κ1) is 16.8. The summed E-state index contributed by atoms with van der Waals surface area (Å²) < 4.78 is 4.48. The molecule has 1 aliphatic carbocycles. The average Bonchev–Trinajstić information content (AvgIpc) is 2.79. The van der Waals surface area contributed by atoms with Crippen LogP contribution in [0.15, 0.2) is 12.2 Å². The largest absolute Gasteiger partial charge is 0.396 e. The summed E-state index contributed by atoms with van der Waals surface area (Å²) in [5, 5.41) is 26.0. The Labute approximate surface area is 118 Å². The smallest absolute Gasteiger partial charge is 0.321 e. The molecule has 0 bridgehead atoms. The van der Waals surface area contributed by atoms with Crippen LogP contribution in [0.1, 0.15) is 26.2 Å². The predicted octanol–water partition coefficient (Wildman–Crippen LogP) is 0.0119. The Kier molecular flexibility index (Phi) is 6.32. The normalized spacial score (nSPS) is 24.8. The van der Waals surface area contributed by atoms with Crippen molar-refractivity contribution in [1.82, 2.24) is 0 Å². The molecule has 0 amide bonds. The van der Waals surface area contributed by atoms with Crippen LogP contribution < -0.4 is 0 Å². The van der Waals surface area contributed by atoms with Crippen LogP contribution in [0.3, 0.4) is 0 Å². The molecule has 6 nitrogen and oxygen atoms in total. The van der Waals surface area contributed by atoms with Gasteiger partial charge in [-0.2, -0.15) is 0 Å². The quantitative estimate of drug-likeness (QED) is 0.382. The molecule has 0 aromatic carbocycles. The number of hydrogen-bond acceptors (Lipinski definition) is 6. The third-order valence-electron chi connectivity index (χ3n) is 3.95. The van der Waals surface area contributed by atoms with E-state index >= 15 is 0 Å². The van der Waals surface area contributed by atoms with Gasteiger partial charge in [-0.3, -0.25) is 9.59 Å². The SMILES string of the molecule is CCC(CO)(CO)CO.O=C1OC(=O)C2CCC=CC12. The van der Waals surface area contributed by atoms with Gasteiger partial charge < -0.3 is 20.1 Å². The maximum atomic E-state index is 10.9. The molecule has 0 aromatic heterocycles. The molecule has 1 saturated heterocycles. The van der Waals surface area contributed by atoms with Gasteiger partial charge in [0.1, 0.15) is 0 Å². The van der Waals surface area contributed by atoms with Crippen molar-refractivity contribution in [2.45, 2.75) is 26.2 Å². The Hall–Kier alpha value is -1.24. The van der Waals surface area contributed by atoms with Gasteiger partial charge in [0, 0.05) is 5.41 Å². The highest BCUT2D eigenvalue weighted by molar-refractivity contribution is 5.97. The molecule has 0 aromatic rings. The van der Waals surface area contributed by atoms with Crippen molar-refractivity contribution in [1.29, 1.82) is 0 Å². The van der Waals surface area contributed by atoms with E-state index in [4.69, 9.17) is 15.3 Å². The molecule has 0 saturated carbocycles. The molecule has 0 spiro atoms. The van der Waals surface area contributed by atoms with Gasteiger partial charge in [-0.15, -0.1) is 0 Å². The molecule has 1 aliphatic heterocycles. The molecular formula is C14H22O6. The topological polar surface area (TPSA) is 104 Å². The van der Waals surface area contributed by atoms with Gasteiger partial charge in [-0.25, -0.2) is 0 Å². The van der Waals surface area contributed by atoms with Crippen molar-refractivity contribution < 1.29 is 29.6 Å². The van der Waals surface area contributed by atoms with Crippen LogP contribution >= 0.6 is 0 Å². The fourth-order valence-electron chi connectivity index (χ4n) is 2.07. The van der Waals surface area contributed by atoms with Crippen LogP contribution in [0, 0.1) is 17.3 Å². The second kappa shape index (κ2) is 7.52. The van der Waals surface area contributed by atoms with Crippen LogP contribution in [0.25, 0.3) is 0 Å². The number of carbonyl (C=O) groups is 2. The van der Waals surface area contributed by atoms with Crippen molar-refractivity contribution in [3.05, 3.63) is 12.2 Å². The first-order chi connectivity index (χ1) is 9.53. The van der Waals surface area contributed by atoms with Gasteiger partial charge in [0.05, 0.1) is 31.7 Å². The first-order valence-corrected chi connectivity index (χ1v) is 6.78. The summed E-state index contributed by atoms with van der Waals surface area (Å²) in [4.78, 5) is 21.9. The van der Waals surface area contributed by atoms with Crippen molar-refractivity contribution in [2.75, 3.05) is 19.8 Å². The van der Waals surface area contributed by atoms with E-state index < -0.39 is 5.41 Å². The van der Waals surface area contributed by atoms with E-state index in [1.807, 2.05) is 13.0 Å². The Morgan fingerprint density at radius 3 is 2.20 bits per heavy atom. The summed E-state index contributed by atoms with van der Waals surface area (Å²) >= 11 is 0. The van der Waals surface area contributed by atoms with E-state index in [2.05, 4.69) is 4.74 Å². The Morgan fingerprint density at radius 2 is 1.80 bits per heavy atom. The van der Waals surface area contributed by atoms with E-state index in [1.165, 1.54) is 0 Å². The molecular weight excluding hydrogens is 264 g/mol. The third kappa shape index (κ3) is 3.65. The van der Waals surface area contributed by atoms with Gasteiger partial charge >= 0.3 is 11.9 Å². The second-order valence-corrected chi connectivity index (χ2v) is 5.21. The van der Waals surface area contributed by atoms with Gasteiger partial charge in [0.25, 0.3) is 0 Å². The maximum Gasteiger partial charge on any atom is 0.321 e. The van der Waals surface area contributed by atoms with Crippen LogP contribution in [-0.2, 0) is 14.3 Å². The molecule has 0 radical (unpaired) electrons. The van der Waals surface area contributed by atoms with Crippen molar-refractivity contribution in [3.63, 3.8) is 0 Å². The zero-order valence-corrected chi connectivity index (χ0v) is 11.6. The number of allylic oxidation sites excluding steroid dienone is 1. The number of carbonyl (C=O) groups excluding carboxylic acids is 2. The maximum absolute atomic E-state index is 10.9. The molecule has 114 valence electrons. The first-order valence-electron chi connectivity index (χ1n) is 6.78. The van der Waals surface area contributed by atoms with Gasteiger partial charge in [0.15, 0.2) is 0 Å². The lowest BCUT2D eigenvalue weighted by Crippen LogP contribution is -2.32. The second-order valence-electron chi connectivity index (χ2n) is 5.21. The van der Waals surface area contributed by atoms with Crippen LogP contribution in [0.2, 0.25) is 0 Å². The average molecular weight is 286 g/mol. The number of fused-ring (bicyclic) bond motifs is 1. The zero-order valence-electron chi connectivity index (χ0n) is 11.6. The fraction of sp³-hybridized carbons (Fsp3) is 0.714. The lowest BCUT2D eigenvalue weighted by atomic mass is 9.86. The van der Waals surface area contributed by atoms with Crippen molar-refractivity contribution >= 4 is 11.9 Å². The number of esters is 2. The number of rotatable bonds is 4. The molecule has 2 aliphatic rings. The van der Waals surface area contributed by atoms with E-state index in [1.54, 1.807) is 6.08 Å². The van der Waals surface area contributed by atoms with Gasteiger partial charge in [-0.05, 0) is 19.3 Å². The molecule has 3 N–H and O–H groups in total. The lowest BCUT2D eigenvalue weighted by Gasteiger charge is -2.24. The standard InChI is InChI=1S/C8H8O3.C6H14O3/c9-7-5-3-1-2-4-6(5)8(10)11-7;1-2-6(3-7,4-8)5-9/h1,3,5-6H,2,4H2;7-9H,2-5H2,1H3. The number of hydrogen-bond donors (Lipinski definition) is 3. The molecule has 20 heavy (non-hydrogen) atoms. The molecule has 1 heterocycles. The van der Waals surface area contributed by atoms with E-state index in [9.17, 15) is 9.59 Å². The number of aliphatic hydroxyl groups excluding tert-OH is 3. The zero-order chi connectivity index (χ0) is 15.2. The fourth-order valence-corrected chi connectivity index (χ4v) is 2.07. The summed E-state index contributed by atoms with van der Waals surface area (Å²) in [6, 6.07) is 0. The number of cyclic esters (lactones) is 2. The van der Waals surface area contributed by atoms with E-state index in [0.717, 1.165) is 12.8 Å². The highest BCUT2D eigenvalue weighted by Crippen LogP contribution is 2.32. The minimum atomic E-state index is -0.667. The minimum absolute atomic E-state index is 0.156. The Bertz CT molecular complexity index is 354. The summed E-state index contributed by atoms with van der Waals surface area (Å²) in [7, 11) is 0. The summed E-state index contributed by atoms with van der Waals surface area (Å²) in [5.41, 5.74) is -0.667. The summed E-state index contributed by atoms with van der Waals surface area (Å²) in [5.74, 6) is -1.19. The molecule has 2 rings (SSSR count). The lowest BCUT2D eigenvalue weighted by molar-refractivity contribution is -0.153. The number of ether oxygens (including phenoxy) is 1. The Morgan fingerprint density at radius 1 is 1.20 bits per heavy atom. The van der Waals surface area contributed by atoms with Crippen molar-refractivity contribution in [2.24, 2.45) is 17.3 Å². The Balaban J connectivity index is 0.000000206. The highest BCUT2D eigenvalue weighted by atomic mass is 16.6. The van der Waals surface area contributed by atoms with E-state index in [0.29, 0.717) is 6.42 Å². The predicted molar refractivity (Wildman–Crippen MR) is 70.4 cm³/mol. The van der Waals surface area contributed by atoms with Crippen LogP contribution in [0.5, 0.6) is 0 Å². The molecule has 2 atom stereocenters. The molecule has 2 unspecified atom stereocenters. The van der Waals surface area contributed by atoms with Crippen LogP contribution in [-0.4, -0.2) is 47.1 Å². The molecule has 1 fully saturated rings. The third-order valence-corrected chi connectivity index (χ3v) is 3.95. The van der Waals surface area contributed by atoms with Crippen LogP contribution in [0.4, 0.5) is 0 Å². The van der Waals surface area contributed by atoms with E-state index in [-0.39, 0.29) is 43.6 Å². The summed E-state index contributed by atoms with van der Waals surface area (Å²) in [6.07, 6.45) is 5.94. The highest BCUT2D eigenvalue weighted by Gasteiger charge is 2.43.